The van der Waals surface area contributed by atoms with Crippen molar-refractivity contribution in [1.29, 1.82) is 0 Å². The van der Waals surface area contributed by atoms with Gasteiger partial charge >= 0.3 is 5.97 Å². The normalized spacial score (nSPS) is 10.4. The Bertz CT molecular complexity index is 774. The number of phenols is 1. The summed E-state index contributed by atoms with van der Waals surface area (Å²) in [5.41, 5.74) is 3.01. The molecule has 2 rings (SSSR count). The molecule has 7 nitrogen and oxygen atoms in total. The number of nitrogens with zero attached hydrogens (tertiary/aromatic N) is 1. The van der Waals surface area contributed by atoms with Gasteiger partial charge in [-0.1, -0.05) is 24.3 Å². The van der Waals surface area contributed by atoms with Crippen LogP contribution in [0.3, 0.4) is 0 Å². The summed E-state index contributed by atoms with van der Waals surface area (Å²) in [5, 5.41) is 13.5. The zero-order valence-electron chi connectivity index (χ0n) is 13.6. The first kappa shape index (κ1) is 18.0. The highest BCUT2D eigenvalue weighted by molar-refractivity contribution is 5.97. The number of ether oxygens (including phenoxy) is 2. The Balaban J connectivity index is 2.00. The van der Waals surface area contributed by atoms with E-state index in [0.717, 1.165) is 0 Å². The number of hydrogen-bond donors (Lipinski definition) is 2. The topological polar surface area (TPSA) is 97.2 Å². The molecule has 0 bridgehead atoms. The van der Waals surface area contributed by atoms with E-state index in [9.17, 15) is 14.7 Å². The van der Waals surface area contributed by atoms with Crippen LogP contribution in [0.5, 0.6) is 11.5 Å². The van der Waals surface area contributed by atoms with Crippen molar-refractivity contribution in [3.05, 3.63) is 59.7 Å². The van der Waals surface area contributed by atoms with Gasteiger partial charge in [0.25, 0.3) is 5.91 Å². The Hall–Kier alpha value is -3.35. The fraction of sp³-hybridized carbons (Fsp3) is 0.167. The van der Waals surface area contributed by atoms with Crippen LogP contribution in [0, 0.1) is 0 Å². The summed E-state index contributed by atoms with van der Waals surface area (Å²) in [6.07, 6.45) is 1.39. The Kier molecular flexibility index (Phi) is 6.53. The summed E-state index contributed by atoms with van der Waals surface area (Å²) in [6, 6.07) is 13.1. The fourth-order valence-corrected chi connectivity index (χ4v) is 1.94. The van der Waals surface area contributed by atoms with Crippen LogP contribution < -0.4 is 10.2 Å². The van der Waals surface area contributed by atoms with Gasteiger partial charge in [-0.25, -0.2) is 10.2 Å². The number of phenolic OH excluding ortho intramolecular Hbond substituents is 1. The largest absolute Gasteiger partial charge is 0.507 e. The van der Waals surface area contributed by atoms with Gasteiger partial charge in [0.05, 0.1) is 18.4 Å². The maximum atomic E-state index is 12.0. The molecule has 0 aliphatic heterocycles. The van der Waals surface area contributed by atoms with Gasteiger partial charge in [0.2, 0.25) is 0 Å². The summed E-state index contributed by atoms with van der Waals surface area (Å²) in [6.45, 7) is 1.78. The highest BCUT2D eigenvalue weighted by Gasteiger charge is 2.09. The molecule has 7 heteroatoms. The van der Waals surface area contributed by atoms with Crippen molar-refractivity contribution in [2.45, 2.75) is 6.92 Å². The van der Waals surface area contributed by atoms with E-state index in [1.165, 1.54) is 18.3 Å². The second-order valence-corrected chi connectivity index (χ2v) is 4.85. The van der Waals surface area contributed by atoms with Crippen molar-refractivity contribution in [3.63, 3.8) is 0 Å². The van der Waals surface area contributed by atoms with E-state index in [1.807, 2.05) is 0 Å². The minimum Gasteiger partial charge on any atom is -0.507 e. The molecule has 0 spiro atoms. The third-order valence-electron chi connectivity index (χ3n) is 3.09. The molecule has 2 N–H and O–H groups in total. The van der Waals surface area contributed by atoms with Crippen LogP contribution in [0.4, 0.5) is 0 Å². The number of aromatic hydroxyl groups is 1. The number of rotatable bonds is 7. The van der Waals surface area contributed by atoms with E-state index < -0.39 is 11.9 Å². The standard InChI is InChI=1S/C18H18N2O5/c1-2-24-17(22)12-25-16-10-6-3-7-13(16)11-19-20-18(23)14-8-4-5-9-15(14)21/h3-11,21H,2,12H2,1H3,(H,20,23)/b19-11+. The van der Waals surface area contributed by atoms with E-state index in [2.05, 4.69) is 10.5 Å². The van der Waals surface area contributed by atoms with Crippen molar-refractivity contribution in [1.82, 2.24) is 5.43 Å². The average Bonchev–Trinajstić information content (AvgIpc) is 2.61. The minimum absolute atomic E-state index is 0.117. The van der Waals surface area contributed by atoms with Crippen LogP contribution in [0.15, 0.2) is 53.6 Å². The number of amides is 1. The second-order valence-electron chi connectivity index (χ2n) is 4.85. The van der Waals surface area contributed by atoms with Gasteiger partial charge in [-0.15, -0.1) is 0 Å². The molecular formula is C18H18N2O5. The van der Waals surface area contributed by atoms with E-state index in [4.69, 9.17) is 9.47 Å². The second kappa shape index (κ2) is 9.07. The summed E-state index contributed by atoms with van der Waals surface area (Å²) >= 11 is 0. The minimum atomic E-state index is -0.542. The van der Waals surface area contributed by atoms with Crippen molar-refractivity contribution >= 4 is 18.1 Å². The SMILES string of the molecule is CCOC(=O)COc1ccccc1/C=N/NC(=O)c1ccccc1O. The third-order valence-corrected chi connectivity index (χ3v) is 3.09. The van der Waals surface area contributed by atoms with Crippen LogP contribution in [0.25, 0.3) is 0 Å². The number of nitrogens with one attached hydrogen (secondary N) is 1. The number of benzene rings is 2. The molecule has 0 radical (unpaired) electrons. The lowest BCUT2D eigenvalue weighted by molar-refractivity contribution is -0.145. The molecule has 0 saturated carbocycles. The van der Waals surface area contributed by atoms with E-state index in [1.54, 1.807) is 43.3 Å². The zero-order chi connectivity index (χ0) is 18.1. The maximum absolute atomic E-state index is 12.0. The van der Waals surface area contributed by atoms with Crippen molar-refractivity contribution in [2.24, 2.45) is 5.10 Å². The number of para-hydroxylation sites is 2. The fourth-order valence-electron chi connectivity index (χ4n) is 1.94. The molecule has 0 heterocycles. The van der Waals surface area contributed by atoms with Crippen LogP contribution in [0.1, 0.15) is 22.8 Å². The summed E-state index contributed by atoms with van der Waals surface area (Å²) in [4.78, 5) is 23.3. The first-order valence-electron chi connectivity index (χ1n) is 7.60. The van der Waals surface area contributed by atoms with Crippen LogP contribution in [-0.4, -0.2) is 36.4 Å². The Morgan fingerprint density at radius 3 is 2.64 bits per heavy atom. The third kappa shape index (κ3) is 5.35. The maximum Gasteiger partial charge on any atom is 0.344 e. The molecule has 25 heavy (non-hydrogen) atoms. The zero-order valence-corrected chi connectivity index (χ0v) is 13.6. The van der Waals surface area contributed by atoms with Crippen molar-refractivity contribution in [3.8, 4) is 11.5 Å². The number of hydrazone groups is 1. The quantitative estimate of drug-likeness (QED) is 0.456. The first-order chi connectivity index (χ1) is 12.1. The molecule has 0 atom stereocenters. The highest BCUT2D eigenvalue weighted by atomic mass is 16.6. The smallest absolute Gasteiger partial charge is 0.344 e. The van der Waals surface area contributed by atoms with Gasteiger partial charge in [-0.05, 0) is 31.2 Å². The van der Waals surface area contributed by atoms with Crippen molar-refractivity contribution < 1.29 is 24.2 Å². The average molecular weight is 342 g/mol. The molecular weight excluding hydrogens is 324 g/mol. The molecule has 2 aromatic rings. The van der Waals surface area contributed by atoms with Gasteiger partial charge in [-0.3, -0.25) is 4.79 Å². The lowest BCUT2D eigenvalue weighted by Gasteiger charge is -2.08. The van der Waals surface area contributed by atoms with Crippen molar-refractivity contribution in [2.75, 3.05) is 13.2 Å². The number of carbonyl (C=O) groups excluding carboxylic acids is 2. The van der Waals surface area contributed by atoms with Crippen LogP contribution in [-0.2, 0) is 9.53 Å². The number of hydrogen-bond acceptors (Lipinski definition) is 6. The Morgan fingerprint density at radius 1 is 1.16 bits per heavy atom. The molecule has 0 fully saturated rings. The van der Waals surface area contributed by atoms with E-state index >= 15 is 0 Å². The molecule has 0 saturated heterocycles. The first-order valence-corrected chi connectivity index (χ1v) is 7.60. The van der Waals surface area contributed by atoms with Gasteiger partial charge in [0, 0.05) is 5.56 Å². The van der Waals surface area contributed by atoms with E-state index in [-0.39, 0.29) is 24.5 Å². The summed E-state index contributed by atoms with van der Waals surface area (Å²) in [5.74, 6) is -0.717. The lowest BCUT2D eigenvalue weighted by atomic mass is 10.2. The van der Waals surface area contributed by atoms with Gasteiger partial charge in [0.1, 0.15) is 11.5 Å². The lowest BCUT2D eigenvalue weighted by Crippen LogP contribution is -2.18. The van der Waals surface area contributed by atoms with Crippen LogP contribution >= 0.6 is 0 Å². The summed E-state index contributed by atoms with van der Waals surface area (Å²) < 4.78 is 10.2. The predicted octanol–water partition coefficient (Wildman–Crippen LogP) is 2.10. The molecule has 0 aliphatic rings. The monoisotopic (exact) mass is 342 g/mol. The molecule has 0 aliphatic carbocycles. The molecule has 1 amide bonds. The Morgan fingerprint density at radius 2 is 1.88 bits per heavy atom. The Labute approximate surface area is 144 Å². The van der Waals surface area contributed by atoms with Gasteiger partial charge in [0.15, 0.2) is 6.61 Å². The predicted molar refractivity (Wildman–Crippen MR) is 91.7 cm³/mol. The van der Waals surface area contributed by atoms with Crippen LogP contribution in [0.2, 0.25) is 0 Å². The molecule has 130 valence electrons. The van der Waals surface area contributed by atoms with Gasteiger partial charge < -0.3 is 14.6 Å². The highest BCUT2D eigenvalue weighted by Crippen LogP contribution is 2.16. The number of esters is 1. The van der Waals surface area contributed by atoms with Gasteiger partial charge in [-0.2, -0.15) is 5.10 Å². The molecule has 2 aromatic carbocycles. The number of carbonyl (C=O) groups is 2. The molecule has 0 aromatic heterocycles. The van der Waals surface area contributed by atoms with E-state index in [0.29, 0.717) is 11.3 Å². The summed E-state index contributed by atoms with van der Waals surface area (Å²) in [7, 11) is 0. The molecule has 0 unspecified atom stereocenters.